The largest absolute Gasteiger partial charge is 0.317 e. The molecule has 0 radical (unpaired) electrons. The number of hydrogen-bond donors (Lipinski definition) is 0. The van der Waals surface area contributed by atoms with Crippen LogP contribution in [0, 0.1) is 10.1 Å². The van der Waals surface area contributed by atoms with Gasteiger partial charge in [-0.2, -0.15) is 0 Å². The molecule has 0 aliphatic rings. The Labute approximate surface area is 130 Å². The summed E-state index contributed by atoms with van der Waals surface area (Å²) >= 11 is 7.76. The molecule has 0 saturated heterocycles. The second-order valence-electron chi connectivity index (χ2n) is 4.20. The van der Waals surface area contributed by atoms with E-state index in [2.05, 4.69) is 0 Å². The molecule has 0 aromatic heterocycles. The quantitative estimate of drug-likeness (QED) is 0.295. The van der Waals surface area contributed by atoms with Gasteiger partial charge < -0.3 is 4.52 Å². The molecular formula is C11H15ClNO4PS2. The van der Waals surface area contributed by atoms with Crippen molar-refractivity contribution in [1.82, 2.24) is 0 Å². The minimum absolute atomic E-state index is 0.204. The molecule has 2 atom stereocenters. The Morgan fingerprint density at radius 1 is 1.45 bits per heavy atom. The molecule has 0 aliphatic carbocycles. The van der Waals surface area contributed by atoms with Gasteiger partial charge in [-0.25, -0.2) is 0 Å². The smallest absolute Gasteiger partial charge is 0.306 e. The van der Waals surface area contributed by atoms with Crippen LogP contribution < -0.4 is 0 Å². The molecule has 112 valence electrons. The average molecular weight is 356 g/mol. The van der Waals surface area contributed by atoms with Gasteiger partial charge in [0.05, 0.1) is 5.88 Å². The topological polar surface area (TPSA) is 69.4 Å². The highest BCUT2D eigenvalue weighted by atomic mass is 35.5. The highest BCUT2D eigenvalue weighted by Gasteiger charge is 2.40. The summed E-state index contributed by atoms with van der Waals surface area (Å²) in [5, 5.41) is 11.0. The molecule has 1 aromatic carbocycles. The molecule has 0 saturated carbocycles. The van der Waals surface area contributed by atoms with E-state index >= 15 is 0 Å². The summed E-state index contributed by atoms with van der Waals surface area (Å²) in [5.74, 6) is -3.31. The zero-order valence-electron chi connectivity index (χ0n) is 11.0. The van der Waals surface area contributed by atoms with E-state index in [1.165, 1.54) is 6.92 Å². The van der Waals surface area contributed by atoms with Crippen molar-refractivity contribution in [2.24, 2.45) is 0 Å². The van der Waals surface area contributed by atoms with Gasteiger partial charge in [-0.15, -0.1) is 11.6 Å². The van der Waals surface area contributed by atoms with Gasteiger partial charge in [0.15, 0.2) is 0 Å². The molecule has 0 fully saturated rings. The number of alkyl halides is 1. The molecule has 9 heteroatoms. The first kappa shape index (κ1) is 17.9. The average Bonchev–Trinajstić information content (AvgIpc) is 2.45. The number of nitro groups is 1. The van der Waals surface area contributed by atoms with Crippen molar-refractivity contribution in [3.8, 4) is 0 Å². The van der Waals surface area contributed by atoms with Crippen molar-refractivity contribution in [3.05, 3.63) is 40.4 Å². The lowest BCUT2D eigenvalue weighted by Gasteiger charge is -2.21. The van der Waals surface area contributed by atoms with E-state index in [1.807, 2.05) is 30.3 Å². The number of rotatable bonds is 8. The van der Waals surface area contributed by atoms with E-state index in [1.54, 1.807) is 6.26 Å². The van der Waals surface area contributed by atoms with Crippen LogP contribution in [0.5, 0.6) is 0 Å². The zero-order chi connectivity index (χ0) is 15.2. The maximum absolute atomic E-state index is 12.6. The van der Waals surface area contributed by atoms with E-state index in [0.717, 1.165) is 27.7 Å². The summed E-state index contributed by atoms with van der Waals surface area (Å²) in [6.45, 7) is 1.08. The minimum atomic E-state index is -3.10. The number of benzene rings is 1. The molecule has 0 N–H and O–H groups in total. The van der Waals surface area contributed by atoms with Crippen molar-refractivity contribution in [3.63, 3.8) is 0 Å². The highest BCUT2D eigenvalue weighted by molar-refractivity contribution is 8.89. The molecule has 0 amide bonds. The zero-order valence-corrected chi connectivity index (χ0v) is 14.3. The monoisotopic (exact) mass is 355 g/mol. The third kappa shape index (κ3) is 4.97. The Morgan fingerprint density at radius 2 is 2.05 bits per heavy atom. The van der Waals surface area contributed by atoms with E-state index < -0.39 is 16.2 Å². The van der Waals surface area contributed by atoms with Gasteiger partial charge in [-0.3, -0.25) is 14.7 Å². The van der Waals surface area contributed by atoms with Crippen molar-refractivity contribution < 1.29 is 14.0 Å². The van der Waals surface area contributed by atoms with Gasteiger partial charge in [0.1, 0.15) is 6.61 Å². The Kier molecular flexibility index (Phi) is 6.88. The Morgan fingerprint density at radius 3 is 2.50 bits per heavy atom. The van der Waals surface area contributed by atoms with Crippen molar-refractivity contribution >= 4 is 40.1 Å². The maximum Gasteiger partial charge on any atom is 0.317 e. The summed E-state index contributed by atoms with van der Waals surface area (Å²) in [4.78, 5) is 11.2. The summed E-state index contributed by atoms with van der Waals surface area (Å²) in [7, 11) is 0. The van der Waals surface area contributed by atoms with E-state index in [9.17, 15) is 14.7 Å². The van der Waals surface area contributed by atoms with Crippen LogP contribution >= 0.6 is 40.1 Å². The first-order chi connectivity index (χ1) is 9.35. The molecule has 1 rings (SSSR count). The fourth-order valence-electron chi connectivity index (χ4n) is 1.08. The number of hydrogen-bond acceptors (Lipinski definition) is 6. The Balaban J connectivity index is 2.76. The third-order valence-corrected chi connectivity index (χ3v) is 9.91. The normalized spacial score (nSPS) is 17.1. The van der Waals surface area contributed by atoms with Gasteiger partial charge in [0, 0.05) is 16.7 Å². The summed E-state index contributed by atoms with van der Waals surface area (Å²) in [5.41, 5.74) is -1.44. The van der Waals surface area contributed by atoms with Gasteiger partial charge in [0.2, 0.25) is 0 Å². The van der Waals surface area contributed by atoms with Crippen LogP contribution in [0.1, 0.15) is 6.92 Å². The molecular weight excluding hydrogens is 341 g/mol. The molecule has 0 heterocycles. The lowest BCUT2D eigenvalue weighted by atomic mass is 10.1. The second-order valence-corrected chi connectivity index (χ2v) is 11.9. The Bertz CT molecular complexity index is 504. The first-order valence-electron chi connectivity index (χ1n) is 5.61. The van der Waals surface area contributed by atoms with Crippen LogP contribution in [0.25, 0.3) is 0 Å². The minimum Gasteiger partial charge on any atom is -0.306 e. The summed E-state index contributed by atoms with van der Waals surface area (Å²) in [6, 6.07) is 9.13. The molecule has 2 unspecified atom stereocenters. The van der Waals surface area contributed by atoms with Crippen molar-refractivity contribution in [1.29, 1.82) is 0 Å². The fraction of sp³-hybridized carbons (Fsp3) is 0.455. The maximum atomic E-state index is 12.6. The molecule has 5 nitrogen and oxygen atoms in total. The van der Waals surface area contributed by atoms with Gasteiger partial charge >= 0.3 is 5.77 Å². The number of halogens is 1. The van der Waals surface area contributed by atoms with Crippen LogP contribution in [0.15, 0.2) is 35.2 Å². The summed E-state index contributed by atoms with van der Waals surface area (Å²) in [6.07, 6.45) is 1.65. The lowest BCUT2D eigenvalue weighted by molar-refractivity contribution is -0.561. The van der Waals surface area contributed by atoms with E-state index in [0.29, 0.717) is 0 Å². The van der Waals surface area contributed by atoms with Crippen LogP contribution in [-0.4, -0.2) is 29.2 Å². The predicted octanol–water partition coefficient (Wildman–Crippen LogP) is 4.54. The summed E-state index contributed by atoms with van der Waals surface area (Å²) < 4.78 is 17.9. The van der Waals surface area contributed by atoms with Crippen LogP contribution in [0.2, 0.25) is 0 Å². The van der Waals surface area contributed by atoms with Crippen LogP contribution in [-0.2, 0) is 9.09 Å². The standard InChI is InChI=1S/C11H15ClNO4PS2/c1-11(8-12,13(14)15)9-17-18(16,19-2)20-10-6-4-3-5-7-10/h3-7H,8-9H2,1-2H3. The predicted molar refractivity (Wildman–Crippen MR) is 85.5 cm³/mol. The lowest BCUT2D eigenvalue weighted by Crippen LogP contribution is -2.41. The van der Waals surface area contributed by atoms with Crippen LogP contribution in [0.4, 0.5) is 0 Å². The van der Waals surface area contributed by atoms with E-state index in [4.69, 9.17) is 16.1 Å². The molecule has 0 spiro atoms. The third-order valence-electron chi connectivity index (χ3n) is 2.45. The molecule has 0 bridgehead atoms. The number of nitrogens with zero attached hydrogens (tertiary/aromatic N) is 1. The van der Waals surface area contributed by atoms with Gasteiger partial charge in [0.25, 0.3) is 5.54 Å². The molecule has 1 aromatic rings. The van der Waals surface area contributed by atoms with Gasteiger partial charge in [-0.05, 0) is 29.8 Å². The SMILES string of the molecule is CSP(=O)(OCC(C)(CCl)[N+](=O)[O-])Sc1ccccc1. The van der Waals surface area contributed by atoms with Gasteiger partial charge in [-0.1, -0.05) is 29.6 Å². The van der Waals surface area contributed by atoms with E-state index in [-0.39, 0.29) is 12.5 Å². The fourth-order valence-corrected chi connectivity index (χ4v) is 6.06. The van der Waals surface area contributed by atoms with Crippen molar-refractivity contribution in [2.45, 2.75) is 17.4 Å². The molecule has 0 aliphatic heterocycles. The second kappa shape index (κ2) is 7.71. The highest BCUT2D eigenvalue weighted by Crippen LogP contribution is 2.71. The van der Waals surface area contributed by atoms with Crippen LogP contribution in [0.3, 0.4) is 0 Å². The molecule has 20 heavy (non-hydrogen) atoms. The first-order valence-corrected chi connectivity index (χ1v) is 11.0. The Hall–Kier alpha value is -0.200. The van der Waals surface area contributed by atoms with Crippen molar-refractivity contribution in [2.75, 3.05) is 18.7 Å².